The Morgan fingerprint density at radius 3 is 2.44 bits per heavy atom. The van der Waals surface area contributed by atoms with Crippen molar-refractivity contribution in [2.45, 2.75) is 13.0 Å². The predicted octanol–water partition coefficient (Wildman–Crippen LogP) is 2.70. The molecule has 1 aromatic heterocycles. The lowest BCUT2D eigenvalue weighted by Crippen LogP contribution is -2.41. The predicted molar refractivity (Wildman–Crippen MR) is 90.2 cm³/mol. The summed E-state index contributed by atoms with van der Waals surface area (Å²) in [6, 6.07) is 7.44. The molecular formula is C16H14Cl2N2O5. The lowest BCUT2D eigenvalue weighted by atomic mass is 10.1. The zero-order valence-corrected chi connectivity index (χ0v) is 14.4. The molecule has 0 saturated heterocycles. The quantitative estimate of drug-likeness (QED) is 0.746. The number of benzene rings is 1. The molecule has 2 aromatic rings. The van der Waals surface area contributed by atoms with Gasteiger partial charge in [-0.3, -0.25) is 14.9 Å². The molecule has 0 saturated carbocycles. The maximum atomic E-state index is 11.8. The summed E-state index contributed by atoms with van der Waals surface area (Å²) >= 11 is 11.9. The zero-order valence-electron chi connectivity index (χ0n) is 12.9. The number of hydrogen-bond acceptors (Lipinski definition) is 5. The highest BCUT2D eigenvalue weighted by Crippen LogP contribution is 2.24. The van der Waals surface area contributed by atoms with Gasteiger partial charge in [0, 0.05) is 15.6 Å². The fourth-order valence-corrected chi connectivity index (χ4v) is 2.36. The van der Waals surface area contributed by atoms with Crippen LogP contribution in [0, 0.1) is 0 Å². The minimum atomic E-state index is -0.768. The molecule has 2 rings (SSSR count). The standard InChI is InChI=1S/C16H14Cl2N2O5/c17-12-4-1-5-13(18)11(12)7-15(22)25-9-14(21)20-16(23)19-8-10-3-2-6-24-10/h1-6H,7-9H2,(H2,19,20,21,23). The number of amides is 3. The monoisotopic (exact) mass is 384 g/mol. The van der Waals surface area contributed by atoms with Crippen molar-refractivity contribution >= 4 is 41.1 Å². The van der Waals surface area contributed by atoms with Gasteiger partial charge in [0.1, 0.15) is 5.76 Å². The fourth-order valence-electron chi connectivity index (χ4n) is 1.83. The molecular weight excluding hydrogens is 371 g/mol. The number of imide groups is 1. The van der Waals surface area contributed by atoms with Gasteiger partial charge in [-0.15, -0.1) is 0 Å². The van der Waals surface area contributed by atoms with E-state index in [4.69, 9.17) is 32.4 Å². The third-order valence-corrected chi connectivity index (χ3v) is 3.71. The number of halogens is 2. The largest absolute Gasteiger partial charge is 0.467 e. The van der Waals surface area contributed by atoms with E-state index in [-0.39, 0.29) is 13.0 Å². The SMILES string of the molecule is O=C(COC(=O)Cc1c(Cl)cccc1Cl)NC(=O)NCc1ccco1. The summed E-state index contributed by atoms with van der Waals surface area (Å²) in [6.07, 6.45) is 1.28. The van der Waals surface area contributed by atoms with Crippen LogP contribution < -0.4 is 10.6 Å². The first kappa shape index (κ1) is 18.8. The number of ether oxygens (including phenoxy) is 1. The topological polar surface area (TPSA) is 97.6 Å². The Hall–Kier alpha value is -2.51. The smallest absolute Gasteiger partial charge is 0.321 e. The molecule has 0 bridgehead atoms. The fraction of sp³-hybridized carbons (Fsp3) is 0.188. The van der Waals surface area contributed by atoms with Crippen LogP contribution in [0.1, 0.15) is 11.3 Å². The molecule has 2 N–H and O–H groups in total. The highest BCUT2D eigenvalue weighted by atomic mass is 35.5. The number of urea groups is 1. The van der Waals surface area contributed by atoms with Gasteiger partial charge in [0.25, 0.3) is 5.91 Å². The first-order chi connectivity index (χ1) is 12.0. The summed E-state index contributed by atoms with van der Waals surface area (Å²) in [5.74, 6) is -0.928. The lowest BCUT2D eigenvalue weighted by molar-refractivity contribution is -0.147. The Bertz CT molecular complexity index is 742. The average molecular weight is 385 g/mol. The van der Waals surface area contributed by atoms with Crippen LogP contribution in [0.2, 0.25) is 10.0 Å². The Kier molecular flexibility index (Phi) is 6.85. The van der Waals surface area contributed by atoms with Crippen LogP contribution in [0.25, 0.3) is 0 Å². The van der Waals surface area contributed by atoms with E-state index in [1.165, 1.54) is 6.26 Å². The van der Waals surface area contributed by atoms with Crippen LogP contribution in [0.4, 0.5) is 4.79 Å². The second-order valence-electron chi connectivity index (χ2n) is 4.85. The number of nitrogens with one attached hydrogen (secondary N) is 2. The van der Waals surface area contributed by atoms with Crippen molar-refractivity contribution in [3.63, 3.8) is 0 Å². The molecule has 0 radical (unpaired) electrons. The highest BCUT2D eigenvalue weighted by Gasteiger charge is 2.14. The summed E-state index contributed by atoms with van der Waals surface area (Å²) in [6.45, 7) is -0.480. The lowest BCUT2D eigenvalue weighted by Gasteiger charge is -2.08. The van der Waals surface area contributed by atoms with Crippen molar-refractivity contribution < 1.29 is 23.5 Å². The van der Waals surface area contributed by atoms with Gasteiger partial charge in [0.2, 0.25) is 0 Å². The maximum absolute atomic E-state index is 11.8. The van der Waals surface area contributed by atoms with Crippen molar-refractivity contribution in [2.24, 2.45) is 0 Å². The minimum Gasteiger partial charge on any atom is -0.467 e. The third-order valence-electron chi connectivity index (χ3n) is 3.00. The van der Waals surface area contributed by atoms with Crippen molar-refractivity contribution in [1.82, 2.24) is 10.6 Å². The van der Waals surface area contributed by atoms with Crippen molar-refractivity contribution in [1.29, 1.82) is 0 Å². The molecule has 0 aliphatic heterocycles. The normalized spacial score (nSPS) is 10.2. The summed E-state index contributed by atoms with van der Waals surface area (Å²) in [4.78, 5) is 34.9. The number of carbonyl (C=O) groups is 3. The second kappa shape index (κ2) is 9.10. The molecule has 1 heterocycles. The van der Waals surface area contributed by atoms with Gasteiger partial charge in [0.05, 0.1) is 19.2 Å². The highest BCUT2D eigenvalue weighted by molar-refractivity contribution is 6.36. The number of rotatable bonds is 6. The Morgan fingerprint density at radius 2 is 1.80 bits per heavy atom. The number of furan rings is 1. The maximum Gasteiger partial charge on any atom is 0.321 e. The molecule has 0 unspecified atom stereocenters. The number of carbonyl (C=O) groups excluding carboxylic acids is 3. The number of esters is 1. The van der Waals surface area contributed by atoms with Crippen molar-refractivity contribution in [2.75, 3.05) is 6.61 Å². The van der Waals surface area contributed by atoms with E-state index < -0.39 is 24.5 Å². The van der Waals surface area contributed by atoms with E-state index in [9.17, 15) is 14.4 Å². The molecule has 0 aliphatic rings. The van der Waals surface area contributed by atoms with Gasteiger partial charge in [0.15, 0.2) is 6.61 Å². The van der Waals surface area contributed by atoms with E-state index in [0.29, 0.717) is 21.4 Å². The van der Waals surface area contributed by atoms with Crippen LogP contribution >= 0.6 is 23.2 Å². The second-order valence-corrected chi connectivity index (χ2v) is 5.66. The molecule has 7 nitrogen and oxygen atoms in total. The van der Waals surface area contributed by atoms with E-state index in [1.807, 2.05) is 5.32 Å². The first-order valence-corrected chi connectivity index (χ1v) is 7.90. The minimum absolute atomic E-state index is 0.122. The third kappa shape index (κ3) is 6.13. The Morgan fingerprint density at radius 1 is 1.08 bits per heavy atom. The molecule has 0 fully saturated rings. The first-order valence-electron chi connectivity index (χ1n) is 7.14. The van der Waals surface area contributed by atoms with E-state index in [0.717, 1.165) is 0 Å². The Balaban J connectivity index is 1.72. The number of hydrogen-bond donors (Lipinski definition) is 2. The average Bonchev–Trinajstić information content (AvgIpc) is 3.08. The van der Waals surface area contributed by atoms with Gasteiger partial charge in [-0.2, -0.15) is 0 Å². The molecule has 9 heteroatoms. The van der Waals surface area contributed by atoms with Crippen LogP contribution in [0.5, 0.6) is 0 Å². The van der Waals surface area contributed by atoms with Gasteiger partial charge < -0.3 is 14.5 Å². The van der Waals surface area contributed by atoms with E-state index >= 15 is 0 Å². The van der Waals surface area contributed by atoms with Crippen molar-refractivity contribution in [3.8, 4) is 0 Å². The molecule has 3 amide bonds. The summed E-state index contributed by atoms with van der Waals surface area (Å²) in [7, 11) is 0. The van der Waals surface area contributed by atoms with Crippen LogP contribution in [0.15, 0.2) is 41.0 Å². The molecule has 132 valence electrons. The van der Waals surface area contributed by atoms with E-state index in [1.54, 1.807) is 30.3 Å². The summed E-state index contributed by atoms with van der Waals surface area (Å²) < 4.78 is 9.83. The van der Waals surface area contributed by atoms with E-state index in [2.05, 4.69) is 5.32 Å². The van der Waals surface area contributed by atoms with Crippen LogP contribution in [0.3, 0.4) is 0 Å². The molecule has 0 spiro atoms. The van der Waals surface area contributed by atoms with Gasteiger partial charge in [-0.25, -0.2) is 4.79 Å². The van der Waals surface area contributed by atoms with Gasteiger partial charge in [-0.05, 0) is 24.3 Å². The molecule has 0 aliphatic carbocycles. The van der Waals surface area contributed by atoms with Gasteiger partial charge in [-0.1, -0.05) is 29.3 Å². The summed E-state index contributed by atoms with van der Waals surface area (Å²) in [5.41, 5.74) is 0.410. The molecule has 25 heavy (non-hydrogen) atoms. The zero-order chi connectivity index (χ0) is 18.2. The van der Waals surface area contributed by atoms with Crippen LogP contribution in [-0.2, 0) is 27.3 Å². The van der Waals surface area contributed by atoms with Crippen molar-refractivity contribution in [3.05, 3.63) is 58.0 Å². The summed E-state index contributed by atoms with van der Waals surface area (Å²) in [5, 5.41) is 5.09. The Labute approximate surface area is 153 Å². The molecule has 1 aromatic carbocycles. The van der Waals surface area contributed by atoms with Gasteiger partial charge >= 0.3 is 12.0 Å². The van der Waals surface area contributed by atoms with Crippen LogP contribution in [-0.4, -0.2) is 24.5 Å². The molecule has 0 atom stereocenters.